The largest absolute Gasteiger partial charge is 0.494 e. The van der Waals surface area contributed by atoms with Crippen molar-refractivity contribution in [2.24, 2.45) is 11.8 Å². The van der Waals surface area contributed by atoms with Crippen molar-refractivity contribution in [2.45, 2.75) is 75.7 Å². The van der Waals surface area contributed by atoms with Crippen molar-refractivity contribution < 1.29 is 29.0 Å². The van der Waals surface area contributed by atoms with Gasteiger partial charge in [0.05, 0.1) is 24.5 Å². The lowest BCUT2D eigenvalue weighted by atomic mass is 9.77. The molecule has 1 aromatic carbocycles. The van der Waals surface area contributed by atoms with Crippen LogP contribution in [0.1, 0.15) is 51.9 Å². The summed E-state index contributed by atoms with van der Waals surface area (Å²) in [5.41, 5.74) is -0.490. The van der Waals surface area contributed by atoms with Gasteiger partial charge in [0.2, 0.25) is 17.7 Å². The number of carbonyl (C=O) groups excluding carboxylic acids is 3. The van der Waals surface area contributed by atoms with E-state index in [1.54, 1.807) is 9.80 Å². The van der Waals surface area contributed by atoms with Crippen LogP contribution in [0, 0.1) is 11.8 Å². The number of nitrogens with zero attached hydrogens (tertiary/aromatic N) is 3. The minimum Gasteiger partial charge on any atom is -0.494 e. The first-order chi connectivity index (χ1) is 20.0. The van der Waals surface area contributed by atoms with Gasteiger partial charge in [-0.25, -0.2) is 0 Å². The summed E-state index contributed by atoms with van der Waals surface area (Å²) in [6.07, 6.45) is 13.5. The average Bonchev–Trinajstić information content (AvgIpc) is 3.29. The van der Waals surface area contributed by atoms with Gasteiger partial charge in [-0.1, -0.05) is 43.6 Å². The molecule has 41 heavy (non-hydrogen) atoms. The molecule has 0 radical (unpaired) electrons. The molecule has 4 aliphatic heterocycles. The van der Waals surface area contributed by atoms with Gasteiger partial charge in [0.25, 0.3) is 0 Å². The zero-order valence-corrected chi connectivity index (χ0v) is 23.8. The van der Waals surface area contributed by atoms with Crippen LogP contribution in [0.4, 0.5) is 5.69 Å². The van der Waals surface area contributed by atoms with E-state index < -0.39 is 29.6 Å². The number of unbranched alkanes of at least 4 members (excludes halogenated alkanes) is 1. The second-order valence-electron chi connectivity index (χ2n) is 11.8. The Kier molecular flexibility index (Phi) is 7.92. The molecule has 5 aliphatic rings. The maximum Gasteiger partial charge on any atom is 0.249 e. The predicted molar refractivity (Wildman–Crippen MR) is 153 cm³/mol. The number of carbonyl (C=O) groups is 3. The molecule has 0 aromatic heterocycles. The predicted octanol–water partition coefficient (Wildman–Crippen LogP) is 3.07. The number of hydrogen-bond donors (Lipinski definition) is 1. The van der Waals surface area contributed by atoms with Gasteiger partial charge in [-0.2, -0.15) is 0 Å². The fourth-order valence-electron chi connectivity index (χ4n) is 7.63. The first-order valence-electron chi connectivity index (χ1n) is 15.3. The Hall–Kier alpha value is -3.17. The zero-order chi connectivity index (χ0) is 28.6. The minimum absolute atomic E-state index is 0.0187. The summed E-state index contributed by atoms with van der Waals surface area (Å²) in [4.78, 5) is 48.3. The fourth-order valence-corrected chi connectivity index (χ4v) is 7.63. The molecule has 1 aromatic rings. The third kappa shape index (κ3) is 4.77. The summed E-state index contributed by atoms with van der Waals surface area (Å²) in [5, 5.41) is 9.43. The van der Waals surface area contributed by atoms with Gasteiger partial charge in [-0.05, 0) is 56.9 Å². The van der Waals surface area contributed by atoms with Crippen molar-refractivity contribution in [3.8, 4) is 5.75 Å². The molecule has 220 valence electrons. The summed E-state index contributed by atoms with van der Waals surface area (Å²) >= 11 is 0. The maximum atomic E-state index is 14.4. The van der Waals surface area contributed by atoms with E-state index in [0.29, 0.717) is 39.1 Å². The molecule has 0 bridgehead atoms. The lowest BCUT2D eigenvalue weighted by Crippen LogP contribution is -2.57. The maximum absolute atomic E-state index is 14.4. The van der Waals surface area contributed by atoms with Crippen LogP contribution in [0.5, 0.6) is 5.75 Å². The quantitative estimate of drug-likeness (QED) is 0.386. The zero-order valence-electron chi connectivity index (χ0n) is 23.8. The van der Waals surface area contributed by atoms with E-state index in [-0.39, 0.29) is 30.4 Å². The van der Waals surface area contributed by atoms with Crippen molar-refractivity contribution in [3.05, 3.63) is 48.6 Å². The molecule has 3 fully saturated rings. The first kappa shape index (κ1) is 28.0. The highest BCUT2D eigenvalue weighted by molar-refractivity contribution is 6.03. The molecule has 1 aliphatic carbocycles. The summed E-state index contributed by atoms with van der Waals surface area (Å²) < 4.78 is 12.3. The molecule has 2 saturated heterocycles. The molecule has 9 heteroatoms. The SMILES string of the molecule is CCOc1ccc(N2CC=C[C@@H]3O[C@]45C=CCN(C6CCCCC6)C(=O)C4N(CCCCO)C(=O)[C@@H]5[C@@H]3C2=O)cc1. The summed E-state index contributed by atoms with van der Waals surface area (Å²) in [5.74, 6) is -1.30. The van der Waals surface area contributed by atoms with Crippen LogP contribution in [-0.4, -0.2) is 89.3 Å². The Bertz CT molecular complexity index is 1210. The minimum atomic E-state index is -1.21. The van der Waals surface area contributed by atoms with Crippen LogP contribution in [0.3, 0.4) is 0 Å². The third-order valence-electron chi connectivity index (χ3n) is 9.47. The number of hydrogen-bond acceptors (Lipinski definition) is 6. The second kappa shape index (κ2) is 11.6. The molecule has 1 unspecified atom stereocenters. The number of anilines is 1. The van der Waals surface area contributed by atoms with Gasteiger partial charge in [0.1, 0.15) is 17.4 Å². The van der Waals surface area contributed by atoms with Gasteiger partial charge in [-0.15, -0.1) is 0 Å². The lowest BCUT2D eigenvalue weighted by molar-refractivity contribution is -0.149. The van der Waals surface area contributed by atoms with Crippen molar-refractivity contribution in [2.75, 3.05) is 37.7 Å². The van der Waals surface area contributed by atoms with Crippen LogP contribution in [0.2, 0.25) is 0 Å². The molecule has 6 rings (SSSR count). The summed E-state index contributed by atoms with van der Waals surface area (Å²) in [6, 6.07) is 6.73. The number of rotatable bonds is 8. The highest BCUT2D eigenvalue weighted by Crippen LogP contribution is 2.54. The number of aliphatic hydroxyl groups excluding tert-OH is 1. The Morgan fingerprint density at radius 2 is 1.76 bits per heavy atom. The smallest absolute Gasteiger partial charge is 0.249 e. The Morgan fingerprint density at radius 1 is 0.976 bits per heavy atom. The highest BCUT2D eigenvalue weighted by atomic mass is 16.5. The van der Waals surface area contributed by atoms with Crippen molar-refractivity contribution in [1.29, 1.82) is 0 Å². The first-order valence-corrected chi connectivity index (χ1v) is 15.3. The van der Waals surface area contributed by atoms with Gasteiger partial charge in [0, 0.05) is 38.0 Å². The van der Waals surface area contributed by atoms with Crippen LogP contribution in [-0.2, 0) is 19.1 Å². The van der Waals surface area contributed by atoms with E-state index >= 15 is 0 Å². The molecule has 1 saturated carbocycles. The van der Waals surface area contributed by atoms with E-state index in [0.717, 1.165) is 37.1 Å². The van der Waals surface area contributed by atoms with E-state index in [1.165, 1.54) is 6.42 Å². The van der Waals surface area contributed by atoms with E-state index in [1.807, 2.05) is 60.4 Å². The molecule has 9 nitrogen and oxygen atoms in total. The summed E-state index contributed by atoms with van der Waals surface area (Å²) in [6.45, 7) is 3.68. The molecular formula is C32H41N3O6. The Labute approximate surface area is 241 Å². The van der Waals surface area contributed by atoms with Crippen LogP contribution in [0.25, 0.3) is 0 Å². The summed E-state index contributed by atoms with van der Waals surface area (Å²) in [7, 11) is 0. The molecule has 1 spiro atoms. The highest BCUT2D eigenvalue weighted by Gasteiger charge is 2.71. The molecule has 1 N–H and O–H groups in total. The molecule has 3 amide bonds. The number of benzene rings is 1. The topological polar surface area (TPSA) is 99.6 Å². The Morgan fingerprint density at radius 3 is 2.49 bits per heavy atom. The molecule has 4 heterocycles. The fraction of sp³-hybridized carbons (Fsp3) is 0.594. The van der Waals surface area contributed by atoms with Gasteiger partial charge < -0.3 is 29.3 Å². The Balaban J connectivity index is 1.36. The number of fused-ring (bicyclic) bond motifs is 2. The third-order valence-corrected chi connectivity index (χ3v) is 9.47. The van der Waals surface area contributed by atoms with Crippen molar-refractivity contribution in [1.82, 2.24) is 9.80 Å². The standard InChI is InChI=1S/C32H41N3O6/c1-2-40-24-15-13-23(14-16-24)33-19-8-12-25-26(29(33)37)27-30(38)35(18-6-7-21-36)28-31(39)34(22-10-4-3-5-11-22)20-9-17-32(27,28)41-25/h8-9,12-17,22,25-28,36H,2-7,10-11,18-21H2,1H3/t25-,26+,27-,28?,32-/m0/s1. The molecule has 5 atom stereocenters. The van der Waals surface area contributed by atoms with Crippen molar-refractivity contribution in [3.63, 3.8) is 0 Å². The van der Waals surface area contributed by atoms with E-state index in [2.05, 4.69) is 0 Å². The normalized spacial score (nSPS) is 31.7. The monoisotopic (exact) mass is 563 g/mol. The van der Waals surface area contributed by atoms with Crippen LogP contribution < -0.4 is 9.64 Å². The van der Waals surface area contributed by atoms with Gasteiger partial charge in [-0.3, -0.25) is 14.4 Å². The molecular weight excluding hydrogens is 522 g/mol. The van der Waals surface area contributed by atoms with Gasteiger partial charge >= 0.3 is 0 Å². The van der Waals surface area contributed by atoms with E-state index in [4.69, 9.17) is 9.47 Å². The number of aliphatic hydroxyl groups is 1. The lowest BCUT2D eigenvalue weighted by Gasteiger charge is -2.39. The number of likely N-dealkylation sites (tertiary alicyclic amines) is 1. The van der Waals surface area contributed by atoms with Crippen molar-refractivity contribution >= 4 is 23.4 Å². The van der Waals surface area contributed by atoms with Crippen LogP contribution in [0.15, 0.2) is 48.6 Å². The average molecular weight is 564 g/mol. The number of ether oxygens (including phenoxy) is 2. The van der Waals surface area contributed by atoms with Gasteiger partial charge in [0.15, 0.2) is 0 Å². The number of amides is 3. The van der Waals surface area contributed by atoms with Crippen LogP contribution >= 0.6 is 0 Å². The second-order valence-corrected chi connectivity index (χ2v) is 11.8. The van der Waals surface area contributed by atoms with E-state index in [9.17, 15) is 19.5 Å².